The largest absolute Gasteiger partial charge is 0.320 e. The summed E-state index contributed by atoms with van der Waals surface area (Å²) in [6, 6.07) is 0.788. The van der Waals surface area contributed by atoms with E-state index in [2.05, 4.69) is 24.1 Å². The summed E-state index contributed by atoms with van der Waals surface area (Å²) in [5, 5.41) is 3.23. The lowest BCUT2D eigenvalue weighted by Crippen LogP contribution is -2.40. The minimum Gasteiger partial charge on any atom is -0.320 e. The predicted octanol–water partition coefficient (Wildman–Crippen LogP) is 2.89. The summed E-state index contributed by atoms with van der Waals surface area (Å²) in [7, 11) is 2.04. The lowest BCUT2D eigenvalue weighted by molar-refractivity contribution is 0.130. The molecular weight excluding hydrogens is 196 g/mol. The quantitative estimate of drug-likeness (QED) is 0.672. The molecule has 1 heterocycles. The number of likely N-dealkylation sites (tertiary alicyclic amines) is 1. The van der Waals surface area contributed by atoms with Crippen LogP contribution in [0.1, 0.15) is 52.4 Å². The first kappa shape index (κ1) is 14.0. The molecule has 96 valence electrons. The zero-order valence-corrected chi connectivity index (χ0v) is 11.5. The van der Waals surface area contributed by atoms with Gasteiger partial charge in [0.05, 0.1) is 0 Å². The molecule has 16 heavy (non-hydrogen) atoms. The van der Waals surface area contributed by atoms with Crippen molar-refractivity contribution in [3.8, 4) is 0 Å². The van der Waals surface area contributed by atoms with Crippen LogP contribution >= 0.6 is 0 Å². The third-order valence-electron chi connectivity index (χ3n) is 4.02. The molecule has 0 aliphatic carbocycles. The van der Waals surface area contributed by atoms with E-state index in [0.29, 0.717) is 0 Å². The molecule has 1 saturated heterocycles. The lowest BCUT2D eigenvalue weighted by atomic mass is 9.91. The molecule has 2 nitrogen and oxygen atoms in total. The fourth-order valence-electron chi connectivity index (χ4n) is 2.85. The highest BCUT2D eigenvalue weighted by molar-refractivity contribution is 4.76. The minimum absolute atomic E-state index is 0.788. The van der Waals surface area contributed by atoms with E-state index in [1.165, 1.54) is 51.6 Å². The molecule has 0 aromatic carbocycles. The van der Waals surface area contributed by atoms with E-state index in [1.807, 2.05) is 7.05 Å². The van der Waals surface area contributed by atoms with Crippen LogP contribution < -0.4 is 5.32 Å². The first-order valence-corrected chi connectivity index (χ1v) is 7.16. The average molecular weight is 226 g/mol. The third-order valence-corrected chi connectivity index (χ3v) is 4.02. The van der Waals surface area contributed by atoms with Crippen molar-refractivity contribution in [1.29, 1.82) is 0 Å². The zero-order chi connectivity index (χ0) is 11.8. The van der Waals surface area contributed by atoms with Crippen molar-refractivity contribution in [3.63, 3.8) is 0 Å². The van der Waals surface area contributed by atoms with Gasteiger partial charge in [-0.25, -0.2) is 0 Å². The molecule has 1 fully saturated rings. The Hall–Kier alpha value is -0.0800. The molecule has 0 bridgehead atoms. The Balaban J connectivity index is 2.14. The molecular formula is C14H30N2. The number of piperidine rings is 1. The van der Waals surface area contributed by atoms with E-state index in [4.69, 9.17) is 0 Å². The number of rotatable bonds is 7. The smallest absolute Gasteiger partial charge is 0.00674 e. The van der Waals surface area contributed by atoms with Crippen LogP contribution in [-0.2, 0) is 0 Å². The normalized spacial score (nSPS) is 21.2. The Morgan fingerprint density at radius 1 is 1.31 bits per heavy atom. The summed E-state index contributed by atoms with van der Waals surface area (Å²) in [5.41, 5.74) is 0. The second-order valence-electron chi connectivity index (χ2n) is 5.36. The first-order chi connectivity index (χ1) is 7.77. The van der Waals surface area contributed by atoms with Crippen LogP contribution in [0.15, 0.2) is 0 Å². The second-order valence-corrected chi connectivity index (χ2v) is 5.36. The van der Waals surface area contributed by atoms with Crippen molar-refractivity contribution in [2.75, 3.05) is 26.7 Å². The van der Waals surface area contributed by atoms with Gasteiger partial charge >= 0.3 is 0 Å². The summed E-state index contributed by atoms with van der Waals surface area (Å²) < 4.78 is 0. The molecule has 0 amide bonds. The van der Waals surface area contributed by atoms with Crippen molar-refractivity contribution in [1.82, 2.24) is 10.2 Å². The number of nitrogens with zero attached hydrogens (tertiary/aromatic N) is 1. The molecule has 1 atom stereocenters. The van der Waals surface area contributed by atoms with Crippen LogP contribution in [0.5, 0.6) is 0 Å². The Morgan fingerprint density at radius 3 is 2.56 bits per heavy atom. The van der Waals surface area contributed by atoms with Crippen molar-refractivity contribution >= 4 is 0 Å². The summed E-state index contributed by atoms with van der Waals surface area (Å²) in [6.07, 6.45) is 8.34. The molecule has 0 aromatic heterocycles. The van der Waals surface area contributed by atoms with E-state index in [-0.39, 0.29) is 0 Å². The van der Waals surface area contributed by atoms with Gasteiger partial charge in [0.1, 0.15) is 0 Å². The fourth-order valence-corrected chi connectivity index (χ4v) is 2.85. The van der Waals surface area contributed by atoms with Crippen LogP contribution in [0.25, 0.3) is 0 Å². The summed E-state index contributed by atoms with van der Waals surface area (Å²) in [5.74, 6) is 1.02. The summed E-state index contributed by atoms with van der Waals surface area (Å²) in [6.45, 7) is 8.55. The maximum Gasteiger partial charge on any atom is 0.00674 e. The van der Waals surface area contributed by atoms with Crippen LogP contribution in [0.2, 0.25) is 0 Å². The van der Waals surface area contributed by atoms with E-state index in [1.54, 1.807) is 0 Å². The molecule has 0 spiro atoms. The highest BCUT2D eigenvalue weighted by Crippen LogP contribution is 2.23. The van der Waals surface area contributed by atoms with Gasteiger partial charge in [0.15, 0.2) is 0 Å². The van der Waals surface area contributed by atoms with Gasteiger partial charge in [0.25, 0.3) is 0 Å². The van der Waals surface area contributed by atoms with E-state index < -0.39 is 0 Å². The van der Waals surface area contributed by atoms with Crippen molar-refractivity contribution < 1.29 is 0 Å². The standard InChI is InChI=1S/C14H30N2/c1-4-6-14-8-11-16(12-9-14)13(2)7-5-10-15-3/h13-15H,4-12H2,1-3H3. The molecule has 0 radical (unpaired) electrons. The van der Waals surface area contributed by atoms with Gasteiger partial charge in [-0.2, -0.15) is 0 Å². The van der Waals surface area contributed by atoms with Gasteiger partial charge in [-0.1, -0.05) is 19.8 Å². The van der Waals surface area contributed by atoms with Crippen molar-refractivity contribution in [2.24, 2.45) is 5.92 Å². The second kappa shape index (κ2) is 8.08. The number of hydrogen-bond donors (Lipinski definition) is 1. The van der Waals surface area contributed by atoms with Crippen LogP contribution in [0.4, 0.5) is 0 Å². The van der Waals surface area contributed by atoms with Crippen molar-refractivity contribution in [3.05, 3.63) is 0 Å². The van der Waals surface area contributed by atoms with Crippen molar-refractivity contribution in [2.45, 2.75) is 58.4 Å². The molecule has 2 heteroatoms. The molecule has 1 N–H and O–H groups in total. The fraction of sp³-hybridized carbons (Fsp3) is 1.00. The first-order valence-electron chi connectivity index (χ1n) is 7.16. The zero-order valence-electron chi connectivity index (χ0n) is 11.5. The highest BCUT2D eigenvalue weighted by Gasteiger charge is 2.21. The van der Waals surface area contributed by atoms with Gasteiger partial charge in [0.2, 0.25) is 0 Å². The van der Waals surface area contributed by atoms with Crippen LogP contribution in [-0.4, -0.2) is 37.6 Å². The SMILES string of the molecule is CCCC1CCN(C(C)CCCNC)CC1. The highest BCUT2D eigenvalue weighted by atomic mass is 15.2. The Morgan fingerprint density at radius 2 is 2.00 bits per heavy atom. The van der Waals surface area contributed by atoms with E-state index in [0.717, 1.165) is 18.5 Å². The monoisotopic (exact) mass is 226 g/mol. The number of hydrogen-bond acceptors (Lipinski definition) is 2. The molecule has 1 aliphatic rings. The van der Waals surface area contributed by atoms with E-state index >= 15 is 0 Å². The Labute approximate surface area is 102 Å². The average Bonchev–Trinajstić information content (AvgIpc) is 2.30. The molecule has 1 unspecified atom stereocenters. The third kappa shape index (κ3) is 4.84. The van der Waals surface area contributed by atoms with Crippen LogP contribution in [0.3, 0.4) is 0 Å². The van der Waals surface area contributed by atoms with Gasteiger partial charge in [-0.05, 0) is 65.2 Å². The van der Waals surface area contributed by atoms with E-state index in [9.17, 15) is 0 Å². The Bertz CT molecular complexity index is 162. The van der Waals surface area contributed by atoms with Crippen LogP contribution in [0, 0.1) is 5.92 Å². The predicted molar refractivity (Wildman–Crippen MR) is 71.8 cm³/mol. The maximum atomic E-state index is 3.23. The Kier molecular flexibility index (Phi) is 7.06. The maximum absolute atomic E-state index is 3.23. The summed E-state index contributed by atoms with van der Waals surface area (Å²) in [4.78, 5) is 2.70. The lowest BCUT2D eigenvalue weighted by Gasteiger charge is -2.36. The minimum atomic E-state index is 0.788. The topological polar surface area (TPSA) is 15.3 Å². The van der Waals surface area contributed by atoms with Gasteiger partial charge in [0, 0.05) is 6.04 Å². The molecule has 0 saturated carbocycles. The van der Waals surface area contributed by atoms with Gasteiger partial charge in [-0.3, -0.25) is 0 Å². The molecule has 1 aliphatic heterocycles. The van der Waals surface area contributed by atoms with Gasteiger partial charge in [-0.15, -0.1) is 0 Å². The molecule has 0 aromatic rings. The summed E-state index contributed by atoms with van der Waals surface area (Å²) >= 11 is 0. The molecule has 1 rings (SSSR count). The number of nitrogens with one attached hydrogen (secondary N) is 1. The van der Waals surface area contributed by atoms with Gasteiger partial charge < -0.3 is 10.2 Å².